The van der Waals surface area contributed by atoms with Crippen LogP contribution in [0.25, 0.3) is 0 Å². The Bertz CT molecular complexity index is 172. The average molecular weight is 178 g/mol. The Labute approximate surface area is 82.4 Å². The Kier molecular flexibility index (Phi) is 3.46. The molecule has 0 aromatic carbocycles. The van der Waals surface area contributed by atoms with Crippen LogP contribution in [0.5, 0.6) is 0 Å². The van der Waals surface area contributed by atoms with Crippen molar-refractivity contribution < 1.29 is 0 Å². The molecule has 0 radical (unpaired) electrons. The van der Waals surface area contributed by atoms with Crippen LogP contribution >= 0.6 is 0 Å². The van der Waals surface area contributed by atoms with Gasteiger partial charge in [0.05, 0.1) is 0 Å². The molecule has 0 atom stereocenters. The van der Waals surface area contributed by atoms with Gasteiger partial charge in [0.15, 0.2) is 0 Å². The Morgan fingerprint density at radius 1 is 1.08 bits per heavy atom. The van der Waals surface area contributed by atoms with Gasteiger partial charge in [-0.25, -0.2) is 0 Å². The summed E-state index contributed by atoms with van der Waals surface area (Å²) in [5, 5.41) is 0. The van der Waals surface area contributed by atoms with E-state index in [9.17, 15) is 0 Å². The minimum Gasteiger partial charge on any atom is -0.0853 e. The molecular weight excluding hydrogens is 156 g/mol. The van der Waals surface area contributed by atoms with Crippen molar-refractivity contribution in [3.63, 3.8) is 0 Å². The molecule has 0 spiro atoms. The minimum atomic E-state index is 1.09. The monoisotopic (exact) mass is 178 g/mol. The van der Waals surface area contributed by atoms with Crippen LogP contribution in [-0.4, -0.2) is 0 Å². The summed E-state index contributed by atoms with van der Waals surface area (Å²) in [7, 11) is 0. The molecule has 1 fully saturated rings. The third kappa shape index (κ3) is 2.86. The molecule has 0 unspecified atom stereocenters. The highest BCUT2D eigenvalue weighted by molar-refractivity contribution is 5.04. The van der Waals surface area contributed by atoms with Gasteiger partial charge in [-0.05, 0) is 44.4 Å². The lowest BCUT2D eigenvalue weighted by Crippen LogP contribution is -1.97. The smallest absolute Gasteiger partial charge is 0.0318 e. The number of hydrogen-bond donors (Lipinski definition) is 0. The number of allylic oxidation sites excluding steroid dienone is 2. The molecule has 0 saturated heterocycles. The molecule has 0 aromatic heterocycles. The molecule has 0 heteroatoms. The SMILES string of the molecule is C1=C(CCC2CCCC2)CCCC1. The largest absolute Gasteiger partial charge is 0.0853 e. The maximum atomic E-state index is 2.51. The lowest BCUT2D eigenvalue weighted by molar-refractivity contribution is 0.493. The second kappa shape index (κ2) is 4.83. The molecule has 0 aliphatic heterocycles. The molecule has 0 heterocycles. The Morgan fingerprint density at radius 2 is 1.92 bits per heavy atom. The van der Waals surface area contributed by atoms with E-state index in [0.717, 1.165) is 5.92 Å². The topological polar surface area (TPSA) is 0 Å². The molecule has 74 valence electrons. The van der Waals surface area contributed by atoms with Gasteiger partial charge in [-0.1, -0.05) is 37.3 Å². The van der Waals surface area contributed by atoms with Crippen LogP contribution in [0.15, 0.2) is 11.6 Å². The van der Waals surface area contributed by atoms with Crippen molar-refractivity contribution >= 4 is 0 Å². The molecule has 0 nitrogen and oxygen atoms in total. The van der Waals surface area contributed by atoms with E-state index in [0.29, 0.717) is 0 Å². The van der Waals surface area contributed by atoms with E-state index in [4.69, 9.17) is 0 Å². The fourth-order valence-corrected chi connectivity index (χ4v) is 2.82. The van der Waals surface area contributed by atoms with Crippen molar-refractivity contribution in [2.24, 2.45) is 5.92 Å². The summed E-state index contributed by atoms with van der Waals surface area (Å²) in [6.07, 6.45) is 17.1. The third-order valence-electron chi connectivity index (χ3n) is 3.73. The van der Waals surface area contributed by atoms with Gasteiger partial charge in [0.25, 0.3) is 0 Å². The van der Waals surface area contributed by atoms with E-state index in [1.165, 1.54) is 64.2 Å². The van der Waals surface area contributed by atoms with Crippen LogP contribution in [0.1, 0.15) is 64.2 Å². The fourth-order valence-electron chi connectivity index (χ4n) is 2.82. The summed E-state index contributed by atoms with van der Waals surface area (Å²) >= 11 is 0. The standard InChI is InChI=1S/C13H22/c1-2-6-12(7-3-1)10-11-13-8-4-5-9-13/h6,13H,1-5,7-11H2. The van der Waals surface area contributed by atoms with E-state index < -0.39 is 0 Å². The van der Waals surface area contributed by atoms with Crippen LogP contribution in [0.3, 0.4) is 0 Å². The zero-order valence-electron chi connectivity index (χ0n) is 8.73. The van der Waals surface area contributed by atoms with Gasteiger partial charge in [0, 0.05) is 0 Å². The molecule has 2 aliphatic carbocycles. The highest BCUT2D eigenvalue weighted by Gasteiger charge is 2.15. The summed E-state index contributed by atoms with van der Waals surface area (Å²) < 4.78 is 0. The lowest BCUT2D eigenvalue weighted by Gasteiger charge is -2.14. The van der Waals surface area contributed by atoms with Crippen LogP contribution in [0, 0.1) is 5.92 Å². The van der Waals surface area contributed by atoms with Crippen molar-refractivity contribution in [2.45, 2.75) is 64.2 Å². The Hall–Kier alpha value is -0.260. The molecule has 1 saturated carbocycles. The van der Waals surface area contributed by atoms with E-state index >= 15 is 0 Å². The summed E-state index contributed by atoms with van der Waals surface area (Å²) in [4.78, 5) is 0. The highest BCUT2D eigenvalue weighted by atomic mass is 14.2. The first kappa shape index (κ1) is 9.30. The van der Waals surface area contributed by atoms with Gasteiger partial charge in [-0.15, -0.1) is 0 Å². The first-order valence-corrected chi connectivity index (χ1v) is 6.13. The quantitative estimate of drug-likeness (QED) is 0.560. The average Bonchev–Trinajstić information content (AvgIpc) is 2.69. The Balaban J connectivity index is 1.68. The third-order valence-corrected chi connectivity index (χ3v) is 3.73. The van der Waals surface area contributed by atoms with Crippen molar-refractivity contribution in [2.75, 3.05) is 0 Å². The van der Waals surface area contributed by atoms with Crippen molar-refractivity contribution in [3.8, 4) is 0 Å². The number of hydrogen-bond acceptors (Lipinski definition) is 0. The van der Waals surface area contributed by atoms with Crippen LogP contribution in [0.4, 0.5) is 0 Å². The lowest BCUT2D eigenvalue weighted by atomic mass is 9.92. The minimum absolute atomic E-state index is 1.09. The van der Waals surface area contributed by atoms with Crippen LogP contribution in [-0.2, 0) is 0 Å². The van der Waals surface area contributed by atoms with Gasteiger partial charge in [0.1, 0.15) is 0 Å². The zero-order chi connectivity index (χ0) is 8.93. The molecule has 0 aromatic rings. The maximum absolute atomic E-state index is 2.51. The van der Waals surface area contributed by atoms with E-state index in [1.807, 2.05) is 0 Å². The predicted octanol–water partition coefficient (Wildman–Crippen LogP) is 4.46. The highest BCUT2D eigenvalue weighted by Crippen LogP contribution is 2.31. The summed E-state index contributed by atoms with van der Waals surface area (Å²) in [6, 6.07) is 0. The van der Waals surface area contributed by atoms with E-state index in [-0.39, 0.29) is 0 Å². The van der Waals surface area contributed by atoms with E-state index in [2.05, 4.69) is 6.08 Å². The van der Waals surface area contributed by atoms with Crippen LogP contribution in [0.2, 0.25) is 0 Å². The van der Waals surface area contributed by atoms with Gasteiger partial charge in [0.2, 0.25) is 0 Å². The Morgan fingerprint density at radius 3 is 2.62 bits per heavy atom. The van der Waals surface area contributed by atoms with Crippen LogP contribution < -0.4 is 0 Å². The zero-order valence-corrected chi connectivity index (χ0v) is 8.73. The first-order chi connectivity index (χ1) is 6.45. The van der Waals surface area contributed by atoms with Crippen molar-refractivity contribution in [1.82, 2.24) is 0 Å². The van der Waals surface area contributed by atoms with Crippen molar-refractivity contribution in [1.29, 1.82) is 0 Å². The fraction of sp³-hybridized carbons (Fsp3) is 0.846. The molecule has 13 heavy (non-hydrogen) atoms. The van der Waals surface area contributed by atoms with Crippen molar-refractivity contribution in [3.05, 3.63) is 11.6 Å². The summed E-state index contributed by atoms with van der Waals surface area (Å²) in [5.74, 6) is 1.09. The molecule has 0 N–H and O–H groups in total. The summed E-state index contributed by atoms with van der Waals surface area (Å²) in [6.45, 7) is 0. The maximum Gasteiger partial charge on any atom is -0.0318 e. The molecule has 0 amide bonds. The normalized spacial score (nSPS) is 24.8. The molecular formula is C13H22. The first-order valence-electron chi connectivity index (χ1n) is 6.13. The molecule has 0 bridgehead atoms. The molecule has 2 rings (SSSR count). The van der Waals surface area contributed by atoms with Gasteiger partial charge >= 0.3 is 0 Å². The van der Waals surface area contributed by atoms with Gasteiger partial charge in [-0.2, -0.15) is 0 Å². The summed E-state index contributed by atoms with van der Waals surface area (Å²) in [5.41, 5.74) is 1.78. The van der Waals surface area contributed by atoms with Gasteiger partial charge < -0.3 is 0 Å². The predicted molar refractivity (Wildman–Crippen MR) is 57.7 cm³/mol. The second-order valence-corrected chi connectivity index (χ2v) is 4.80. The van der Waals surface area contributed by atoms with Gasteiger partial charge in [-0.3, -0.25) is 0 Å². The number of rotatable bonds is 3. The molecule has 2 aliphatic rings. The second-order valence-electron chi connectivity index (χ2n) is 4.80. The van der Waals surface area contributed by atoms with E-state index in [1.54, 1.807) is 5.57 Å².